The molecule has 1 heterocycles. The summed E-state index contributed by atoms with van der Waals surface area (Å²) in [5, 5.41) is 14.9. The van der Waals surface area contributed by atoms with Crippen LogP contribution in [0.4, 0.5) is 11.4 Å². The number of rotatable bonds is 5. The van der Waals surface area contributed by atoms with Crippen LogP contribution in [0.1, 0.15) is 18.5 Å². The van der Waals surface area contributed by atoms with Crippen molar-refractivity contribution in [2.75, 3.05) is 11.9 Å². The van der Waals surface area contributed by atoms with Gasteiger partial charge >= 0.3 is 0 Å². The molecule has 0 saturated heterocycles. The summed E-state index contributed by atoms with van der Waals surface area (Å²) in [6, 6.07) is 6.58. The lowest BCUT2D eigenvalue weighted by atomic mass is 10.1. The highest BCUT2D eigenvalue weighted by atomic mass is 16.6. The van der Waals surface area contributed by atoms with Crippen LogP contribution < -0.4 is 5.32 Å². The van der Waals surface area contributed by atoms with E-state index in [4.69, 9.17) is 6.42 Å². The number of benzene rings is 1. The molecule has 5 heteroatoms. The summed E-state index contributed by atoms with van der Waals surface area (Å²) in [7, 11) is 0. The molecule has 0 radical (unpaired) electrons. The number of terminal acetylenes is 1. The molecule has 0 spiro atoms. The summed E-state index contributed by atoms with van der Waals surface area (Å²) in [6.45, 7) is 2.62. The number of pyridine rings is 1. The third kappa shape index (κ3) is 3.04. The Morgan fingerprint density at radius 2 is 2.25 bits per heavy atom. The van der Waals surface area contributed by atoms with Gasteiger partial charge < -0.3 is 5.32 Å². The standard InChI is InChI=1S/C15H15N3O2/c1-3-4-5-8-16-15-9-11(2)17-14-7-6-12(18(19)20)10-13(14)15/h1,6-7,9-10H,4-5,8H2,2H3,(H,16,17). The fourth-order valence-corrected chi connectivity index (χ4v) is 2.02. The summed E-state index contributed by atoms with van der Waals surface area (Å²) in [4.78, 5) is 14.8. The first kappa shape index (κ1) is 13.8. The first-order valence-corrected chi connectivity index (χ1v) is 6.35. The van der Waals surface area contributed by atoms with Crippen molar-refractivity contribution in [2.24, 2.45) is 0 Å². The Labute approximate surface area is 117 Å². The maximum Gasteiger partial charge on any atom is 0.270 e. The highest BCUT2D eigenvalue weighted by molar-refractivity contribution is 5.93. The molecule has 2 rings (SSSR count). The number of nitrogens with zero attached hydrogens (tertiary/aromatic N) is 2. The number of fused-ring (bicyclic) bond motifs is 1. The Hall–Kier alpha value is -2.61. The molecule has 0 aliphatic heterocycles. The minimum atomic E-state index is -0.401. The second-order valence-corrected chi connectivity index (χ2v) is 4.50. The third-order valence-corrected chi connectivity index (χ3v) is 2.94. The maximum atomic E-state index is 10.9. The van der Waals surface area contributed by atoms with Gasteiger partial charge in [-0.15, -0.1) is 12.3 Å². The van der Waals surface area contributed by atoms with E-state index in [0.29, 0.717) is 6.42 Å². The zero-order chi connectivity index (χ0) is 14.5. The van der Waals surface area contributed by atoms with Crippen LogP contribution in [0.15, 0.2) is 24.3 Å². The third-order valence-electron chi connectivity index (χ3n) is 2.94. The highest BCUT2D eigenvalue weighted by Gasteiger charge is 2.10. The quantitative estimate of drug-likeness (QED) is 0.391. The molecular weight excluding hydrogens is 254 g/mol. The number of non-ortho nitro benzene ring substituents is 1. The Morgan fingerprint density at radius 3 is 2.95 bits per heavy atom. The zero-order valence-corrected chi connectivity index (χ0v) is 11.2. The molecule has 102 valence electrons. The maximum absolute atomic E-state index is 10.9. The lowest BCUT2D eigenvalue weighted by Crippen LogP contribution is -2.03. The van der Waals surface area contributed by atoms with Gasteiger partial charge in [0.05, 0.1) is 10.4 Å². The van der Waals surface area contributed by atoms with Crippen molar-refractivity contribution in [1.82, 2.24) is 4.98 Å². The van der Waals surface area contributed by atoms with Crippen LogP contribution in [-0.2, 0) is 0 Å². The van der Waals surface area contributed by atoms with E-state index in [1.807, 2.05) is 13.0 Å². The smallest absolute Gasteiger partial charge is 0.270 e. The summed E-state index contributed by atoms with van der Waals surface area (Å²) < 4.78 is 0. The number of hydrogen-bond donors (Lipinski definition) is 1. The average molecular weight is 269 g/mol. The lowest BCUT2D eigenvalue weighted by Gasteiger charge is -2.10. The average Bonchev–Trinajstić information content (AvgIpc) is 2.42. The van der Waals surface area contributed by atoms with Gasteiger partial charge in [-0.1, -0.05) is 0 Å². The van der Waals surface area contributed by atoms with Gasteiger partial charge in [-0.25, -0.2) is 0 Å². The van der Waals surface area contributed by atoms with Gasteiger partial charge in [0, 0.05) is 41.9 Å². The molecule has 1 aromatic carbocycles. The van der Waals surface area contributed by atoms with E-state index in [1.54, 1.807) is 12.1 Å². The van der Waals surface area contributed by atoms with E-state index in [-0.39, 0.29) is 5.69 Å². The Morgan fingerprint density at radius 1 is 1.45 bits per heavy atom. The first-order valence-electron chi connectivity index (χ1n) is 6.35. The summed E-state index contributed by atoms with van der Waals surface area (Å²) in [6.07, 6.45) is 6.77. The number of aryl methyl sites for hydroxylation is 1. The van der Waals surface area contributed by atoms with Crippen molar-refractivity contribution in [3.05, 3.63) is 40.1 Å². The Bertz CT molecular complexity index is 689. The first-order chi connectivity index (χ1) is 9.61. The van der Waals surface area contributed by atoms with E-state index in [0.717, 1.165) is 35.2 Å². The van der Waals surface area contributed by atoms with Gasteiger partial charge in [-0.3, -0.25) is 15.1 Å². The van der Waals surface area contributed by atoms with Crippen LogP contribution in [0.25, 0.3) is 10.9 Å². The summed E-state index contributed by atoms with van der Waals surface area (Å²) in [5.41, 5.74) is 2.53. The van der Waals surface area contributed by atoms with Crippen LogP contribution in [0, 0.1) is 29.4 Å². The van der Waals surface area contributed by atoms with Gasteiger partial charge in [-0.05, 0) is 25.5 Å². The fraction of sp³-hybridized carbons (Fsp3) is 0.267. The number of anilines is 1. The van der Waals surface area contributed by atoms with Gasteiger partial charge in [0.25, 0.3) is 5.69 Å². The van der Waals surface area contributed by atoms with Crippen LogP contribution in [0.2, 0.25) is 0 Å². The van der Waals surface area contributed by atoms with E-state index < -0.39 is 4.92 Å². The molecule has 5 nitrogen and oxygen atoms in total. The van der Waals surface area contributed by atoms with Crippen LogP contribution in [0.3, 0.4) is 0 Å². The minimum Gasteiger partial charge on any atom is -0.384 e. The second-order valence-electron chi connectivity index (χ2n) is 4.50. The van der Waals surface area contributed by atoms with Gasteiger partial charge in [-0.2, -0.15) is 0 Å². The largest absolute Gasteiger partial charge is 0.384 e. The SMILES string of the molecule is C#CCCCNc1cc(C)nc2ccc([N+](=O)[O-])cc12. The predicted octanol–water partition coefficient (Wildman–Crippen LogP) is 3.28. The molecule has 0 aliphatic carbocycles. The molecule has 0 atom stereocenters. The molecule has 0 aliphatic rings. The molecular formula is C15H15N3O2. The molecule has 20 heavy (non-hydrogen) atoms. The summed E-state index contributed by atoms with van der Waals surface area (Å²) >= 11 is 0. The van der Waals surface area contributed by atoms with E-state index in [2.05, 4.69) is 16.2 Å². The molecule has 0 amide bonds. The number of nitrogens with one attached hydrogen (secondary N) is 1. The van der Waals surface area contributed by atoms with Gasteiger partial charge in [0.15, 0.2) is 0 Å². The molecule has 1 N–H and O–H groups in total. The van der Waals surface area contributed by atoms with Crippen molar-refractivity contribution in [3.63, 3.8) is 0 Å². The fourth-order valence-electron chi connectivity index (χ4n) is 2.02. The van der Waals surface area contributed by atoms with Gasteiger partial charge in [0.1, 0.15) is 0 Å². The van der Waals surface area contributed by atoms with Gasteiger partial charge in [0.2, 0.25) is 0 Å². The van der Waals surface area contributed by atoms with E-state index in [1.165, 1.54) is 6.07 Å². The van der Waals surface area contributed by atoms with Crippen molar-refractivity contribution in [3.8, 4) is 12.3 Å². The second kappa shape index (κ2) is 6.02. The van der Waals surface area contributed by atoms with Crippen molar-refractivity contribution in [1.29, 1.82) is 0 Å². The van der Waals surface area contributed by atoms with Crippen molar-refractivity contribution >= 4 is 22.3 Å². The number of nitro benzene ring substituents is 1. The molecule has 0 saturated carbocycles. The number of aromatic nitrogens is 1. The monoisotopic (exact) mass is 269 g/mol. The van der Waals surface area contributed by atoms with Crippen molar-refractivity contribution in [2.45, 2.75) is 19.8 Å². The predicted molar refractivity (Wildman–Crippen MR) is 79.7 cm³/mol. The van der Waals surface area contributed by atoms with E-state index >= 15 is 0 Å². The molecule has 0 bridgehead atoms. The molecule has 0 fully saturated rings. The normalized spacial score (nSPS) is 10.2. The van der Waals surface area contributed by atoms with Crippen LogP contribution >= 0.6 is 0 Å². The Balaban J connectivity index is 2.37. The van der Waals surface area contributed by atoms with Crippen LogP contribution in [-0.4, -0.2) is 16.5 Å². The number of hydrogen-bond acceptors (Lipinski definition) is 4. The highest BCUT2D eigenvalue weighted by Crippen LogP contribution is 2.27. The zero-order valence-electron chi connectivity index (χ0n) is 11.2. The molecule has 1 aromatic heterocycles. The minimum absolute atomic E-state index is 0.0647. The summed E-state index contributed by atoms with van der Waals surface area (Å²) in [5.74, 6) is 2.58. The topological polar surface area (TPSA) is 68.1 Å². The lowest BCUT2D eigenvalue weighted by molar-refractivity contribution is -0.384. The molecule has 0 unspecified atom stereocenters. The van der Waals surface area contributed by atoms with Crippen LogP contribution in [0.5, 0.6) is 0 Å². The van der Waals surface area contributed by atoms with Crippen molar-refractivity contribution < 1.29 is 4.92 Å². The number of unbranched alkanes of at least 4 members (excludes halogenated alkanes) is 1. The number of nitro groups is 1. The van der Waals surface area contributed by atoms with E-state index in [9.17, 15) is 10.1 Å². The molecule has 2 aromatic rings. The Kier molecular flexibility index (Phi) is 4.16.